The number of guanidine groups is 1. The van der Waals surface area contributed by atoms with Gasteiger partial charge in [0.2, 0.25) is 5.91 Å². The Bertz CT molecular complexity index is 628. The van der Waals surface area contributed by atoms with Crippen molar-refractivity contribution in [3.63, 3.8) is 0 Å². The van der Waals surface area contributed by atoms with Crippen molar-refractivity contribution in [1.29, 1.82) is 0 Å². The van der Waals surface area contributed by atoms with Crippen molar-refractivity contribution in [2.24, 2.45) is 4.99 Å². The first-order valence-corrected chi connectivity index (χ1v) is 9.61. The lowest BCUT2D eigenvalue weighted by atomic mass is 9.95. The summed E-state index contributed by atoms with van der Waals surface area (Å²) >= 11 is 0. The van der Waals surface area contributed by atoms with E-state index in [2.05, 4.69) is 20.9 Å². The Morgan fingerprint density at radius 2 is 1.85 bits per heavy atom. The predicted molar refractivity (Wildman–Crippen MR) is 107 cm³/mol. The standard InChI is InChI=1S/C20H32N4O3/c1-21-20(22-12-11-19(25)24-16-7-5-4-6-8-16)23-14-15-9-10-17(26-2)18(13-15)27-3/h9-10,13,16H,4-8,11-12,14H2,1-3H3,(H,24,25)(H2,21,22,23). The van der Waals surface area contributed by atoms with Crippen molar-refractivity contribution in [2.45, 2.75) is 51.1 Å². The number of benzene rings is 1. The molecule has 0 unspecified atom stereocenters. The lowest BCUT2D eigenvalue weighted by molar-refractivity contribution is -0.121. The fourth-order valence-corrected chi connectivity index (χ4v) is 3.24. The van der Waals surface area contributed by atoms with Gasteiger partial charge < -0.3 is 25.4 Å². The summed E-state index contributed by atoms with van der Waals surface area (Å²) in [4.78, 5) is 16.3. The summed E-state index contributed by atoms with van der Waals surface area (Å²) in [7, 11) is 4.95. The highest BCUT2D eigenvalue weighted by molar-refractivity contribution is 5.81. The molecular formula is C20H32N4O3. The number of rotatable bonds is 8. The molecule has 0 spiro atoms. The second-order valence-electron chi connectivity index (χ2n) is 6.69. The fourth-order valence-electron chi connectivity index (χ4n) is 3.24. The van der Waals surface area contributed by atoms with Crippen molar-refractivity contribution < 1.29 is 14.3 Å². The number of methoxy groups -OCH3 is 2. The molecule has 1 amide bonds. The molecular weight excluding hydrogens is 344 g/mol. The van der Waals surface area contributed by atoms with Crippen LogP contribution in [0.25, 0.3) is 0 Å². The van der Waals surface area contributed by atoms with Gasteiger partial charge in [-0.3, -0.25) is 9.79 Å². The molecule has 0 atom stereocenters. The first-order chi connectivity index (χ1) is 13.2. The minimum Gasteiger partial charge on any atom is -0.493 e. The molecule has 1 aromatic carbocycles. The van der Waals surface area contributed by atoms with E-state index in [9.17, 15) is 4.79 Å². The van der Waals surface area contributed by atoms with Crippen molar-refractivity contribution in [1.82, 2.24) is 16.0 Å². The molecule has 0 heterocycles. The summed E-state index contributed by atoms with van der Waals surface area (Å²) < 4.78 is 10.6. The molecule has 0 aromatic heterocycles. The highest BCUT2D eigenvalue weighted by Crippen LogP contribution is 2.27. The molecule has 0 saturated heterocycles. The molecule has 150 valence electrons. The third-order valence-corrected chi connectivity index (χ3v) is 4.75. The number of hydrogen-bond donors (Lipinski definition) is 3. The number of amides is 1. The van der Waals surface area contributed by atoms with Crippen LogP contribution in [0, 0.1) is 0 Å². The number of nitrogens with zero attached hydrogens (tertiary/aromatic N) is 1. The van der Waals surface area contributed by atoms with E-state index in [4.69, 9.17) is 9.47 Å². The van der Waals surface area contributed by atoms with Gasteiger partial charge >= 0.3 is 0 Å². The van der Waals surface area contributed by atoms with E-state index in [0.29, 0.717) is 43.0 Å². The van der Waals surface area contributed by atoms with Gasteiger partial charge in [-0.05, 0) is 30.5 Å². The third-order valence-electron chi connectivity index (χ3n) is 4.75. The molecule has 1 fully saturated rings. The van der Waals surface area contributed by atoms with E-state index in [-0.39, 0.29) is 5.91 Å². The third kappa shape index (κ3) is 7.00. The normalized spacial score (nSPS) is 15.1. The maximum Gasteiger partial charge on any atom is 0.221 e. The minimum atomic E-state index is 0.102. The fraction of sp³-hybridized carbons (Fsp3) is 0.600. The largest absolute Gasteiger partial charge is 0.493 e. The Hall–Kier alpha value is -2.44. The van der Waals surface area contributed by atoms with E-state index in [1.807, 2.05) is 18.2 Å². The van der Waals surface area contributed by atoms with Crippen LogP contribution in [0.15, 0.2) is 23.2 Å². The Morgan fingerprint density at radius 1 is 1.11 bits per heavy atom. The van der Waals surface area contributed by atoms with E-state index < -0.39 is 0 Å². The summed E-state index contributed by atoms with van der Waals surface area (Å²) in [6.45, 7) is 1.14. The number of aliphatic imine (C=N–C) groups is 1. The summed E-state index contributed by atoms with van der Waals surface area (Å²) in [5, 5.41) is 9.55. The van der Waals surface area contributed by atoms with E-state index in [0.717, 1.165) is 18.4 Å². The topological polar surface area (TPSA) is 84.0 Å². The Labute approximate surface area is 161 Å². The van der Waals surface area contributed by atoms with Crippen LogP contribution in [0.1, 0.15) is 44.1 Å². The van der Waals surface area contributed by atoms with E-state index in [1.54, 1.807) is 21.3 Å². The first kappa shape index (κ1) is 20.9. The monoisotopic (exact) mass is 376 g/mol. The summed E-state index contributed by atoms with van der Waals surface area (Å²) in [6, 6.07) is 6.13. The van der Waals surface area contributed by atoms with Gasteiger partial charge in [0.05, 0.1) is 14.2 Å². The SMILES string of the molecule is CN=C(NCCC(=O)NC1CCCCC1)NCc1ccc(OC)c(OC)c1. The molecule has 1 aliphatic carbocycles. The van der Waals surface area contributed by atoms with Gasteiger partial charge in [-0.25, -0.2) is 0 Å². The molecule has 0 aliphatic heterocycles. The molecule has 3 N–H and O–H groups in total. The summed E-state index contributed by atoms with van der Waals surface area (Å²) in [5.41, 5.74) is 1.05. The second-order valence-corrected chi connectivity index (χ2v) is 6.69. The van der Waals surface area contributed by atoms with Crippen molar-refractivity contribution in [3.8, 4) is 11.5 Å². The number of ether oxygens (including phenoxy) is 2. The highest BCUT2D eigenvalue weighted by Gasteiger charge is 2.15. The smallest absolute Gasteiger partial charge is 0.221 e. The van der Waals surface area contributed by atoms with Gasteiger partial charge in [0.15, 0.2) is 17.5 Å². The van der Waals surface area contributed by atoms with Crippen LogP contribution < -0.4 is 25.4 Å². The molecule has 7 nitrogen and oxygen atoms in total. The second kappa shape index (κ2) is 11.3. The van der Waals surface area contributed by atoms with Crippen molar-refractivity contribution >= 4 is 11.9 Å². The lowest BCUT2D eigenvalue weighted by Crippen LogP contribution is -2.41. The van der Waals surface area contributed by atoms with Gasteiger partial charge in [-0.1, -0.05) is 25.3 Å². The highest BCUT2D eigenvalue weighted by atomic mass is 16.5. The lowest BCUT2D eigenvalue weighted by Gasteiger charge is -2.22. The predicted octanol–water partition coefficient (Wildman–Crippen LogP) is 2.21. The van der Waals surface area contributed by atoms with Crippen LogP contribution in [0.5, 0.6) is 11.5 Å². The average molecular weight is 377 g/mol. The molecule has 7 heteroatoms. The average Bonchev–Trinajstić information content (AvgIpc) is 2.71. The molecule has 27 heavy (non-hydrogen) atoms. The van der Waals surface area contributed by atoms with Crippen molar-refractivity contribution in [3.05, 3.63) is 23.8 Å². The van der Waals surface area contributed by atoms with E-state index in [1.165, 1.54) is 19.3 Å². The van der Waals surface area contributed by atoms with Crippen LogP contribution in [0.3, 0.4) is 0 Å². The Balaban J connectivity index is 1.71. The van der Waals surface area contributed by atoms with Crippen LogP contribution in [-0.2, 0) is 11.3 Å². The number of nitrogens with one attached hydrogen (secondary N) is 3. The molecule has 2 rings (SSSR count). The van der Waals surface area contributed by atoms with Crippen LogP contribution in [0.2, 0.25) is 0 Å². The minimum absolute atomic E-state index is 0.102. The summed E-state index contributed by atoms with van der Waals surface area (Å²) in [6.07, 6.45) is 6.37. The summed E-state index contributed by atoms with van der Waals surface area (Å²) in [5.74, 6) is 2.16. The molecule has 0 radical (unpaired) electrons. The maximum atomic E-state index is 12.1. The van der Waals surface area contributed by atoms with Gasteiger partial charge in [0.1, 0.15) is 0 Å². The zero-order valence-corrected chi connectivity index (χ0v) is 16.6. The van der Waals surface area contributed by atoms with Crippen LogP contribution in [-0.4, -0.2) is 45.7 Å². The molecule has 1 aliphatic rings. The first-order valence-electron chi connectivity index (χ1n) is 9.61. The zero-order valence-electron chi connectivity index (χ0n) is 16.6. The van der Waals surface area contributed by atoms with Crippen LogP contribution in [0.4, 0.5) is 0 Å². The Morgan fingerprint density at radius 3 is 2.52 bits per heavy atom. The maximum absolute atomic E-state index is 12.1. The van der Waals surface area contributed by atoms with Gasteiger partial charge in [-0.2, -0.15) is 0 Å². The van der Waals surface area contributed by atoms with Gasteiger partial charge in [0.25, 0.3) is 0 Å². The number of hydrogen-bond acceptors (Lipinski definition) is 4. The van der Waals surface area contributed by atoms with Gasteiger partial charge in [-0.15, -0.1) is 0 Å². The van der Waals surface area contributed by atoms with Crippen molar-refractivity contribution in [2.75, 3.05) is 27.8 Å². The number of carbonyl (C=O) groups is 1. The molecule has 0 bridgehead atoms. The van der Waals surface area contributed by atoms with Crippen LogP contribution >= 0.6 is 0 Å². The molecule has 1 aromatic rings. The number of carbonyl (C=O) groups excluding carboxylic acids is 1. The Kier molecular flexibility index (Phi) is 8.74. The zero-order chi connectivity index (χ0) is 19.5. The van der Waals surface area contributed by atoms with Gasteiger partial charge in [0, 0.05) is 32.6 Å². The quantitative estimate of drug-likeness (QED) is 0.479. The van der Waals surface area contributed by atoms with E-state index >= 15 is 0 Å². The molecule has 1 saturated carbocycles.